The van der Waals surface area contributed by atoms with Crippen LogP contribution in [0.15, 0.2) is 23.4 Å². The fourth-order valence-corrected chi connectivity index (χ4v) is 3.78. The van der Waals surface area contributed by atoms with Crippen LogP contribution in [0.25, 0.3) is 6.08 Å². The molecule has 1 N–H and O–H groups in total. The van der Waals surface area contributed by atoms with E-state index in [-0.39, 0.29) is 17.6 Å². The lowest BCUT2D eigenvalue weighted by molar-refractivity contribution is -0.142. The number of carboxylic acid groups (broad SMARTS) is 1. The molecule has 102 valence electrons. The predicted molar refractivity (Wildman–Crippen MR) is 72.5 cm³/mol. The number of hydrogen-bond acceptors (Lipinski definition) is 4. The summed E-state index contributed by atoms with van der Waals surface area (Å²) in [6, 6.07) is 1.86. The van der Waals surface area contributed by atoms with Crippen molar-refractivity contribution < 1.29 is 14.7 Å². The second-order valence-electron chi connectivity index (χ2n) is 4.96. The first-order valence-corrected chi connectivity index (χ1v) is 7.43. The molecule has 1 aromatic rings. The number of rotatable bonds is 2. The lowest BCUT2D eigenvalue weighted by Gasteiger charge is -2.38. The summed E-state index contributed by atoms with van der Waals surface area (Å²) in [4.78, 5) is 24.4. The Bertz CT molecular complexity index is 682. The number of thioether (sulfide) groups is 1. The Hall–Kier alpha value is -2.02. The SMILES string of the molecule is O=C(O)C1=CC[C@@H]2C(=Cc3cc4n(n3)CSC4)C(=O)N12. The highest BCUT2D eigenvalue weighted by Crippen LogP contribution is 2.39. The minimum Gasteiger partial charge on any atom is -0.477 e. The molecule has 1 saturated heterocycles. The maximum atomic E-state index is 12.1. The van der Waals surface area contributed by atoms with Gasteiger partial charge in [-0.15, -0.1) is 11.8 Å². The molecule has 0 saturated carbocycles. The summed E-state index contributed by atoms with van der Waals surface area (Å²) < 4.78 is 1.94. The van der Waals surface area contributed by atoms with Crippen molar-refractivity contribution in [2.75, 3.05) is 0 Å². The Morgan fingerprint density at radius 1 is 1.55 bits per heavy atom. The molecular formula is C13H11N3O3S. The molecule has 4 rings (SSSR count). The molecule has 4 heterocycles. The van der Waals surface area contributed by atoms with Crippen molar-refractivity contribution >= 4 is 29.7 Å². The van der Waals surface area contributed by atoms with Crippen LogP contribution in [-0.2, 0) is 21.2 Å². The number of nitrogens with zero attached hydrogens (tertiary/aromatic N) is 3. The summed E-state index contributed by atoms with van der Waals surface area (Å²) in [5.41, 5.74) is 2.70. The summed E-state index contributed by atoms with van der Waals surface area (Å²) in [5, 5.41) is 13.4. The van der Waals surface area contributed by atoms with Gasteiger partial charge >= 0.3 is 5.97 Å². The smallest absolute Gasteiger partial charge is 0.352 e. The Morgan fingerprint density at radius 2 is 2.40 bits per heavy atom. The molecule has 0 radical (unpaired) electrons. The van der Waals surface area contributed by atoms with Crippen LogP contribution in [0.1, 0.15) is 17.8 Å². The quantitative estimate of drug-likeness (QED) is 0.650. The van der Waals surface area contributed by atoms with Crippen LogP contribution < -0.4 is 0 Å². The first-order chi connectivity index (χ1) is 9.65. The molecule has 0 spiro atoms. The Balaban J connectivity index is 1.61. The Kier molecular flexibility index (Phi) is 2.35. The van der Waals surface area contributed by atoms with Crippen molar-refractivity contribution in [3.63, 3.8) is 0 Å². The standard InChI is InChI=1S/C13H11N3O3S/c17-12-9(10-1-2-11(13(18)19)16(10)12)4-7-3-8-5-20-6-15(8)14-7/h2-4,10H,1,5-6H2,(H,18,19)/t10-/m1/s1. The van der Waals surface area contributed by atoms with Crippen LogP contribution in [0.5, 0.6) is 0 Å². The summed E-state index contributed by atoms with van der Waals surface area (Å²) in [7, 11) is 0. The Morgan fingerprint density at radius 3 is 3.15 bits per heavy atom. The van der Waals surface area contributed by atoms with Gasteiger partial charge in [-0.3, -0.25) is 14.4 Å². The molecule has 3 aliphatic heterocycles. The van der Waals surface area contributed by atoms with Gasteiger partial charge in [0, 0.05) is 17.0 Å². The van der Waals surface area contributed by atoms with Crippen molar-refractivity contribution in [1.29, 1.82) is 0 Å². The van der Waals surface area contributed by atoms with E-state index in [1.54, 1.807) is 12.2 Å². The third-order valence-corrected chi connectivity index (χ3v) is 4.73. The van der Waals surface area contributed by atoms with Gasteiger partial charge in [-0.2, -0.15) is 5.10 Å². The van der Waals surface area contributed by atoms with E-state index in [1.165, 1.54) is 10.6 Å². The highest BCUT2D eigenvalue weighted by atomic mass is 32.2. The number of carboxylic acids is 1. The number of β-lactam (4-membered cyclic amide) rings is 1. The first kappa shape index (κ1) is 11.8. The molecule has 1 aromatic heterocycles. The zero-order valence-corrected chi connectivity index (χ0v) is 11.3. The van der Waals surface area contributed by atoms with Crippen LogP contribution in [0.2, 0.25) is 0 Å². The molecule has 0 unspecified atom stereocenters. The largest absolute Gasteiger partial charge is 0.477 e. The number of carbonyl (C=O) groups excluding carboxylic acids is 1. The highest BCUT2D eigenvalue weighted by Gasteiger charge is 2.48. The number of aliphatic carboxylic acids is 1. The van der Waals surface area contributed by atoms with Gasteiger partial charge in [0.25, 0.3) is 5.91 Å². The van der Waals surface area contributed by atoms with Gasteiger partial charge in [-0.05, 0) is 18.6 Å². The van der Waals surface area contributed by atoms with Crippen molar-refractivity contribution in [2.24, 2.45) is 0 Å². The van der Waals surface area contributed by atoms with Gasteiger partial charge < -0.3 is 5.11 Å². The number of aromatic nitrogens is 2. The maximum Gasteiger partial charge on any atom is 0.352 e. The first-order valence-electron chi connectivity index (χ1n) is 6.28. The third kappa shape index (κ3) is 1.49. The van der Waals surface area contributed by atoms with E-state index >= 15 is 0 Å². The molecule has 1 atom stereocenters. The molecule has 6 nitrogen and oxygen atoms in total. The normalized spacial score (nSPS) is 25.5. The lowest BCUT2D eigenvalue weighted by Crippen LogP contribution is -2.52. The van der Waals surface area contributed by atoms with Crippen molar-refractivity contribution in [2.45, 2.75) is 24.1 Å². The minimum absolute atomic E-state index is 0.0980. The number of hydrogen-bond donors (Lipinski definition) is 1. The van der Waals surface area contributed by atoms with Gasteiger partial charge in [-0.1, -0.05) is 6.08 Å². The van der Waals surface area contributed by atoms with E-state index in [2.05, 4.69) is 5.10 Å². The second-order valence-corrected chi connectivity index (χ2v) is 5.91. The molecule has 0 aliphatic carbocycles. The van der Waals surface area contributed by atoms with Crippen molar-refractivity contribution in [1.82, 2.24) is 14.7 Å². The second kappa shape index (κ2) is 3.99. The van der Waals surface area contributed by atoms with Crippen molar-refractivity contribution in [3.05, 3.63) is 34.8 Å². The zero-order valence-electron chi connectivity index (χ0n) is 10.4. The van der Waals surface area contributed by atoms with Gasteiger partial charge in [0.1, 0.15) is 5.70 Å². The average molecular weight is 289 g/mol. The predicted octanol–water partition coefficient (Wildman–Crippen LogP) is 1.05. The topological polar surface area (TPSA) is 75.4 Å². The third-order valence-electron chi connectivity index (χ3n) is 3.80. The monoisotopic (exact) mass is 289 g/mol. The van der Waals surface area contributed by atoms with E-state index in [0.717, 1.165) is 17.3 Å². The van der Waals surface area contributed by atoms with Gasteiger partial charge in [0.15, 0.2) is 0 Å². The van der Waals surface area contributed by atoms with Crippen LogP contribution in [0.3, 0.4) is 0 Å². The van der Waals surface area contributed by atoms with Crippen LogP contribution in [0.4, 0.5) is 0 Å². The molecule has 1 fully saturated rings. The van der Waals surface area contributed by atoms with Gasteiger partial charge in [0.2, 0.25) is 0 Å². The zero-order chi connectivity index (χ0) is 13.9. The molecule has 3 aliphatic rings. The van der Waals surface area contributed by atoms with Crippen LogP contribution in [0, 0.1) is 0 Å². The lowest BCUT2D eigenvalue weighted by atomic mass is 9.93. The summed E-state index contributed by atoms with van der Waals surface area (Å²) in [6.45, 7) is 0. The number of carbonyl (C=O) groups is 2. The van der Waals surface area contributed by atoms with E-state index in [4.69, 9.17) is 5.11 Å². The van der Waals surface area contributed by atoms with Crippen molar-refractivity contribution in [3.8, 4) is 0 Å². The molecule has 0 bridgehead atoms. The molecule has 20 heavy (non-hydrogen) atoms. The van der Waals surface area contributed by atoms with E-state index < -0.39 is 5.97 Å². The molecular weight excluding hydrogens is 278 g/mol. The molecule has 7 heteroatoms. The van der Waals surface area contributed by atoms with E-state index in [9.17, 15) is 9.59 Å². The fourth-order valence-electron chi connectivity index (χ4n) is 2.85. The highest BCUT2D eigenvalue weighted by molar-refractivity contribution is 7.97. The minimum atomic E-state index is -1.04. The van der Waals surface area contributed by atoms with Gasteiger partial charge in [-0.25, -0.2) is 4.79 Å². The molecule has 0 aromatic carbocycles. The molecule has 1 amide bonds. The fraction of sp³-hybridized carbons (Fsp3) is 0.308. The Labute approximate surface area is 118 Å². The average Bonchev–Trinajstić information content (AvgIpc) is 3.07. The van der Waals surface area contributed by atoms with Crippen LogP contribution in [-0.4, -0.2) is 37.7 Å². The number of fused-ring (bicyclic) bond motifs is 2. The summed E-state index contributed by atoms with van der Waals surface area (Å²) >= 11 is 1.81. The van der Waals surface area contributed by atoms with E-state index in [1.807, 2.05) is 22.5 Å². The van der Waals surface area contributed by atoms with E-state index in [0.29, 0.717) is 12.0 Å². The number of amides is 1. The van der Waals surface area contributed by atoms with Crippen LogP contribution >= 0.6 is 11.8 Å². The summed E-state index contributed by atoms with van der Waals surface area (Å²) in [5.74, 6) is 0.540. The maximum absolute atomic E-state index is 12.1. The van der Waals surface area contributed by atoms with Gasteiger partial charge in [0.05, 0.1) is 17.6 Å². The summed E-state index contributed by atoms with van der Waals surface area (Å²) in [6.07, 6.45) is 3.97.